The summed E-state index contributed by atoms with van der Waals surface area (Å²) in [4.78, 5) is 18.0. The second-order valence-electron chi connectivity index (χ2n) is 4.09. The van der Waals surface area contributed by atoms with E-state index in [-0.39, 0.29) is 30.8 Å². The molecule has 6 heteroatoms. The molecule has 0 saturated carbocycles. The Morgan fingerprint density at radius 2 is 2.22 bits per heavy atom. The molecule has 1 heterocycles. The molecule has 0 spiro atoms. The summed E-state index contributed by atoms with van der Waals surface area (Å²) >= 11 is 6.00. The fraction of sp³-hybridized carbons (Fsp3) is 0.500. The van der Waals surface area contributed by atoms with Crippen molar-refractivity contribution in [3.8, 4) is 0 Å². The molecule has 1 amide bonds. The lowest BCUT2D eigenvalue weighted by Crippen LogP contribution is -2.39. The average molecular weight is 272 g/mol. The number of nitrogens with zero attached hydrogens (tertiary/aromatic N) is 2. The predicted octanol–water partition coefficient (Wildman–Crippen LogP) is 1.62. The van der Waals surface area contributed by atoms with Crippen LogP contribution in [0.5, 0.6) is 0 Å². The van der Waals surface area contributed by atoms with Crippen LogP contribution in [0, 0.1) is 0 Å². The minimum absolute atomic E-state index is 0.0271. The molecule has 0 fully saturated rings. The Kier molecular flexibility index (Phi) is 5.37. The topological polar surface area (TPSA) is 65.5 Å². The highest BCUT2D eigenvalue weighted by Gasteiger charge is 2.22. The number of carbonyl (C=O) groups excluding carboxylic acids is 1. The molecule has 100 valence electrons. The third kappa shape index (κ3) is 3.34. The fourth-order valence-corrected chi connectivity index (χ4v) is 1.76. The number of aliphatic hydroxyl groups excluding tert-OH is 1. The van der Waals surface area contributed by atoms with Crippen LogP contribution >= 0.6 is 11.6 Å². The van der Waals surface area contributed by atoms with E-state index in [0.29, 0.717) is 10.8 Å². The van der Waals surface area contributed by atoms with E-state index in [1.54, 1.807) is 19.2 Å². The number of aliphatic hydroxyl groups is 1. The quantitative estimate of drug-likeness (QED) is 0.854. The van der Waals surface area contributed by atoms with Gasteiger partial charge in [-0.25, -0.2) is 4.98 Å². The summed E-state index contributed by atoms with van der Waals surface area (Å²) in [6.45, 7) is 3.93. The Balaban J connectivity index is 3.07. The lowest BCUT2D eigenvalue weighted by molar-refractivity contribution is 0.0659. The summed E-state index contributed by atoms with van der Waals surface area (Å²) in [5.41, 5.74) is 0.200. The van der Waals surface area contributed by atoms with Crippen molar-refractivity contribution in [2.24, 2.45) is 0 Å². The molecule has 0 unspecified atom stereocenters. The predicted molar refractivity (Wildman–Crippen MR) is 72.1 cm³/mol. The molecule has 2 N–H and O–H groups in total. The van der Waals surface area contributed by atoms with Crippen molar-refractivity contribution in [1.82, 2.24) is 9.88 Å². The molecule has 18 heavy (non-hydrogen) atoms. The average Bonchev–Trinajstić information content (AvgIpc) is 2.35. The van der Waals surface area contributed by atoms with Crippen LogP contribution in [0.2, 0.25) is 5.02 Å². The first-order valence-corrected chi connectivity index (χ1v) is 6.15. The van der Waals surface area contributed by atoms with Gasteiger partial charge in [0, 0.05) is 19.6 Å². The van der Waals surface area contributed by atoms with Crippen molar-refractivity contribution >= 4 is 23.3 Å². The minimum atomic E-state index is -0.277. The van der Waals surface area contributed by atoms with Gasteiger partial charge in [-0.3, -0.25) is 4.79 Å². The second-order valence-corrected chi connectivity index (χ2v) is 4.50. The van der Waals surface area contributed by atoms with Gasteiger partial charge in [0.15, 0.2) is 0 Å². The number of anilines is 1. The molecule has 0 aliphatic heterocycles. The second kappa shape index (κ2) is 6.56. The minimum Gasteiger partial charge on any atom is -0.395 e. The van der Waals surface area contributed by atoms with Gasteiger partial charge in [-0.15, -0.1) is 0 Å². The van der Waals surface area contributed by atoms with Crippen molar-refractivity contribution in [3.63, 3.8) is 0 Å². The first-order chi connectivity index (χ1) is 8.51. The van der Waals surface area contributed by atoms with Crippen LogP contribution in [0.15, 0.2) is 12.1 Å². The van der Waals surface area contributed by atoms with Gasteiger partial charge in [0.2, 0.25) is 0 Å². The standard InChI is InChI=1S/C12H18ClN3O2/c1-8(2)16(6-7-17)12(18)11-9(13)4-5-10(14-3)15-11/h4-5,8,17H,6-7H2,1-3H3,(H,14,15). The number of hydrogen-bond acceptors (Lipinski definition) is 4. The maximum atomic E-state index is 12.3. The molecule has 1 rings (SSSR count). The van der Waals surface area contributed by atoms with Crippen LogP contribution in [0.1, 0.15) is 24.3 Å². The third-order valence-electron chi connectivity index (χ3n) is 2.53. The Morgan fingerprint density at radius 1 is 1.56 bits per heavy atom. The molecule has 0 aliphatic carbocycles. The number of rotatable bonds is 5. The Bertz CT molecular complexity index is 424. The Hall–Kier alpha value is -1.33. The number of hydrogen-bond donors (Lipinski definition) is 2. The SMILES string of the molecule is CNc1ccc(Cl)c(C(=O)N(CCO)C(C)C)n1. The monoisotopic (exact) mass is 271 g/mol. The van der Waals surface area contributed by atoms with Crippen LogP contribution in [0.4, 0.5) is 5.82 Å². The van der Waals surface area contributed by atoms with E-state index in [4.69, 9.17) is 16.7 Å². The van der Waals surface area contributed by atoms with E-state index >= 15 is 0 Å². The zero-order valence-electron chi connectivity index (χ0n) is 10.8. The summed E-state index contributed by atoms with van der Waals surface area (Å²) in [7, 11) is 1.72. The number of pyridine rings is 1. The van der Waals surface area contributed by atoms with Crippen LogP contribution in [-0.2, 0) is 0 Å². The molecule has 0 aromatic carbocycles. The van der Waals surface area contributed by atoms with E-state index in [1.165, 1.54) is 4.90 Å². The molecule has 5 nitrogen and oxygen atoms in total. The van der Waals surface area contributed by atoms with Crippen molar-refractivity contribution in [3.05, 3.63) is 22.8 Å². The molecule has 0 atom stereocenters. The van der Waals surface area contributed by atoms with Gasteiger partial charge in [0.1, 0.15) is 11.5 Å². The number of carbonyl (C=O) groups is 1. The van der Waals surface area contributed by atoms with Crippen molar-refractivity contribution in [2.45, 2.75) is 19.9 Å². The van der Waals surface area contributed by atoms with Crippen molar-refractivity contribution in [2.75, 3.05) is 25.5 Å². The first-order valence-electron chi connectivity index (χ1n) is 5.77. The lowest BCUT2D eigenvalue weighted by Gasteiger charge is -2.26. The van der Waals surface area contributed by atoms with Crippen molar-refractivity contribution < 1.29 is 9.90 Å². The van der Waals surface area contributed by atoms with Crippen LogP contribution in [-0.4, -0.2) is 47.1 Å². The van der Waals surface area contributed by atoms with E-state index in [1.807, 2.05) is 13.8 Å². The van der Waals surface area contributed by atoms with Gasteiger partial charge in [-0.1, -0.05) is 11.6 Å². The zero-order valence-corrected chi connectivity index (χ0v) is 11.5. The highest BCUT2D eigenvalue weighted by atomic mass is 35.5. The number of halogens is 1. The van der Waals surface area contributed by atoms with Gasteiger partial charge >= 0.3 is 0 Å². The normalized spacial score (nSPS) is 10.6. The Labute approximate surface area is 112 Å². The molecular weight excluding hydrogens is 254 g/mol. The molecule has 1 aromatic heterocycles. The van der Waals surface area contributed by atoms with Crippen LogP contribution in [0.25, 0.3) is 0 Å². The van der Waals surface area contributed by atoms with Gasteiger partial charge < -0.3 is 15.3 Å². The zero-order chi connectivity index (χ0) is 13.7. The lowest BCUT2D eigenvalue weighted by atomic mass is 10.2. The number of nitrogens with one attached hydrogen (secondary N) is 1. The van der Waals surface area contributed by atoms with E-state index < -0.39 is 0 Å². The highest BCUT2D eigenvalue weighted by Crippen LogP contribution is 2.19. The first kappa shape index (κ1) is 14.7. The van der Waals surface area contributed by atoms with Crippen LogP contribution < -0.4 is 5.32 Å². The summed E-state index contributed by atoms with van der Waals surface area (Å²) in [5.74, 6) is 0.302. The molecular formula is C12H18ClN3O2. The van der Waals surface area contributed by atoms with Crippen LogP contribution in [0.3, 0.4) is 0 Å². The fourth-order valence-electron chi connectivity index (χ4n) is 1.57. The van der Waals surface area contributed by atoms with E-state index in [0.717, 1.165) is 0 Å². The van der Waals surface area contributed by atoms with Gasteiger partial charge in [-0.05, 0) is 26.0 Å². The summed E-state index contributed by atoms with van der Waals surface area (Å²) in [6, 6.07) is 3.30. The molecule has 0 saturated heterocycles. The summed E-state index contributed by atoms with van der Waals surface area (Å²) in [5, 5.41) is 12.2. The maximum absolute atomic E-state index is 12.3. The van der Waals surface area contributed by atoms with Crippen molar-refractivity contribution in [1.29, 1.82) is 0 Å². The summed E-state index contributed by atoms with van der Waals surface area (Å²) < 4.78 is 0. The molecule has 0 radical (unpaired) electrons. The van der Waals surface area contributed by atoms with Gasteiger partial charge in [-0.2, -0.15) is 0 Å². The van der Waals surface area contributed by atoms with E-state index in [9.17, 15) is 4.79 Å². The number of amides is 1. The highest BCUT2D eigenvalue weighted by molar-refractivity contribution is 6.33. The van der Waals surface area contributed by atoms with E-state index in [2.05, 4.69) is 10.3 Å². The molecule has 0 bridgehead atoms. The molecule has 0 aliphatic rings. The largest absolute Gasteiger partial charge is 0.395 e. The van der Waals surface area contributed by atoms with Gasteiger partial charge in [0.25, 0.3) is 5.91 Å². The number of aromatic nitrogens is 1. The summed E-state index contributed by atoms with van der Waals surface area (Å²) in [6.07, 6.45) is 0. The smallest absolute Gasteiger partial charge is 0.274 e. The molecule has 1 aromatic rings. The maximum Gasteiger partial charge on any atom is 0.274 e. The Morgan fingerprint density at radius 3 is 2.72 bits per heavy atom. The third-order valence-corrected chi connectivity index (χ3v) is 2.83. The van der Waals surface area contributed by atoms with Gasteiger partial charge in [0.05, 0.1) is 11.6 Å².